The average Bonchev–Trinajstić information content (AvgIpc) is 2.66. The highest BCUT2D eigenvalue weighted by molar-refractivity contribution is 6.06. The smallest absolute Gasteiger partial charge is 0.163 e. The van der Waals surface area contributed by atoms with Gasteiger partial charge in [0.25, 0.3) is 0 Å². The predicted octanol–water partition coefficient (Wildman–Crippen LogP) is 4.40. The summed E-state index contributed by atoms with van der Waals surface area (Å²) in [5.41, 5.74) is 3.63. The normalized spacial score (nSPS) is 34.2. The van der Waals surface area contributed by atoms with Crippen molar-refractivity contribution in [3.8, 4) is 0 Å². The Morgan fingerprint density at radius 2 is 1.79 bits per heavy atom. The molecule has 2 bridgehead atoms. The predicted molar refractivity (Wildman–Crippen MR) is 78.8 cm³/mol. The molecule has 2 aliphatic carbocycles. The van der Waals surface area contributed by atoms with Crippen molar-refractivity contribution in [2.24, 2.45) is 16.7 Å². The van der Waals surface area contributed by atoms with Crippen LogP contribution in [0.5, 0.6) is 0 Å². The van der Waals surface area contributed by atoms with Crippen LogP contribution in [0.1, 0.15) is 44.7 Å². The van der Waals surface area contributed by atoms with Crippen LogP contribution < -0.4 is 0 Å². The molecule has 0 radical (unpaired) electrons. The maximum Gasteiger partial charge on any atom is 0.163 e. The molecule has 2 saturated carbocycles. The van der Waals surface area contributed by atoms with Crippen LogP contribution in [0.15, 0.2) is 29.8 Å². The molecule has 0 unspecified atom stereocenters. The minimum Gasteiger partial charge on any atom is -0.294 e. The van der Waals surface area contributed by atoms with Gasteiger partial charge in [0.05, 0.1) is 0 Å². The van der Waals surface area contributed by atoms with Crippen LogP contribution in [-0.4, -0.2) is 5.78 Å². The molecule has 1 nitrogen and oxygen atoms in total. The number of ketones is 1. The number of benzene rings is 1. The minimum absolute atomic E-state index is 0.0552. The van der Waals surface area contributed by atoms with Crippen molar-refractivity contribution in [1.82, 2.24) is 0 Å². The molecular formula is C18H22O. The third-order valence-corrected chi connectivity index (χ3v) is 5.79. The summed E-state index contributed by atoms with van der Waals surface area (Å²) in [6, 6.07) is 8.44. The summed E-state index contributed by atoms with van der Waals surface area (Å²) in [6.07, 6.45) is 4.34. The SMILES string of the molecule is Cc1ccc(/C=C2\C(=O)[C@H]3CC[C@@]2(C)C3(C)C)cc1. The van der Waals surface area contributed by atoms with E-state index in [1.54, 1.807) is 0 Å². The molecule has 2 atom stereocenters. The van der Waals surface area contributed by atoms with Crippen molar-refractivity contribution in [3.05, 3.63) is 41.0 Å². The van der Waals surface area contributed by atoms with Crippen molar-refractivity contribution >= 4 is 11.9 Å². The number of carbonyl (C=O) groups excluding carboxylic acids is 1. The van der Waals surface area contributed by atoms with Gasteiger partial charge in [-0.1, -0.05) is 50.6 Å². The third kappa shape index (κ3) is 1.57. The molecule has 0 saturated heterocycles. The number of fused-ring (bicyclic) bond motifs is 2. The Labute approximate surface area is 115 Å². The number of Topliss-reactive ketones (excluding diaryl/α,β-unsaturated/α-hetero) is 1. The van der Waals surface area contributed by atoms with Gasteiger partial charge in [0.1, 0.15) is 0 Å². The lowest BCUT2D eigenvalue weighted by molar-refractivity contribution is -0.119. The lowest BCUT2D eigenvalue weighted by Gasteiger charge is -2.34. The molecule has 100 valence electrons. The van der Waals surface area contributed by atoms with Gasteiger partial charge in [0, 0.05) is 16.9 Å². The van der Waals surface area contributed by atoms with Crippen molar-refractivity contribution in [3.63, 3.8) is 0 Å². The number of carbonyl (C=O) groups is 1. The highest BCUT2D eigenvalue weighted by atomic mass is 16.1. The molecule has 1 aromatic rings. The molecular weight excluding hydrogens is 232 g/mol. The van der Waals surface area contributed by atoms with E-state index in [-0.39, 0.29) is 16.7 Å². The van der Waals surface area contributed by atoms with Gasteiger partial charge < -0.3 is 0 Å². The van der Waals surface area contributed by atoms with Gasteiger partial charge in [0.15, 0.2) is 5.78 Å². The van der Waals surface area contributed by atoms with Gasteiger partial charge in [-0.2, -0.15) is 0 Å². The van der Waals surface area contributed by atoms with Crippen LogP contribution in [-0.2, 0) is 4.79 Å². The van der Waals surface area contributed by atoms with Crippen LogP contribution in [0, 0.1) is 23.7 Å². The minimum atomic E-state index is 0.0552. The first-order valence-electron chi connectivity index (χ1n) is 7.19. The standard InChI is InChI=1S/C18H22O/c1-12-5-7-13(8-6-12)11-15-16(19)14-9-10-18(15,4)17(14,2)3/h5-8,11,14H,9-10H2,1-4H3/b15-11+/t14-,18-/m1/s1. The largest absolute Gasteiger partial charge is 0.294 e. The number of allylic oxidation sites excluding steroid dienone is 1. The van der Waals surface area contributed by atoms with Gasteiger partial charge in [-0.05, 0) is 36.8 Å². The number of hydrogen-bond donors (Lipinski definition) is 0. The molecule has 1 aromatic carbocycles. The zero-order valence-electron chi connectivity index (χ0n) is 12.3. The molecule has 0 N–H and O–H groups in total. The monoisotopic (exact) mass is 254 g/mol. The fraction of sp³-hybridized carbons (Fsp3) is 0.500. The molecule has 0 amide bonds. The van der Waals surface area contributed by atoms with E-state index in [1.165, 1.54) is 5.56 Å². The van der Waals surface area contributed by atoms with E-state index in [4.69, 9.17) is 0 Å². The molecule has 0 spiro atoms. The highest BCUT2D eigenvalue weighted by Crippen LogP contribution is 2.66. The van der Waals surface area contributed by atoms with Gasteiger partial charge in [-0.25, -0.2) is 0 Å². The van der Waals surface area contributed by atoms with E-state index < -0.39 is 0 Å². The van der Waals surface area contributed by atoms with Crippen LogP contribution in [0.2, 0.25) is 0 Å². The average molecular weight is 254 g/mol. The van der Waals surface area contributed by atoms with E-state index in [0.717, 1.165) is 24.0 Å². The van der Waals surface area contributed by atoms with Crippen LogP contribution in [0.4, 0.5) is 0 Å². The fourth-order valence-electron chi connectivity index (χ4n) is 3.96. The molecule has 0 heterocycles. The molecule has 19 heavy (non-hydrogen) atoms. The summed E-state index contributed by atoms with van der Waals surface area (Å²) in [6.45, 7) is 8.89. The molecule has 0 aromatic heterocycles. The Morgan fingerprint density at radius 3 is 2.32 bits per heavy atom. The van der Waals surface area contributed by atoms with Crippen molar-refractivity contribution < 1.29 is 4.79 Å². The second kappa shape index (κ2) is 3.82. The van der Waals surface area contributed by atoms with Gasteiger partial charge in [0.2, 0.25) is 0 Å². The summed E-state index contributed by atoms with van der Waals surface area (Å²) in [7, 11) is 0. The van der Waals surface area contributed by atoms with Gasteiger partial charge in [-0.3, -0.25) is 4.79 Å². The maximum atomic E-state index is 12.6. The molecule has 2 fully saturated rings. The van der Waals surface area contributed by atoms with E-state index in [0.29, 0.717) is 5.78 Å². The van der Waals surface area contributed by atoms with Gasteiger partial charge in [-0.15, -0.1) is 0 Å². The van der Waals surface area contributed by atoms with E-state index in [1.807, 2.05) is 0 Å². The Bertz CT molecular complexity index is 562. The Kier molecular flexibility index (Phi) is 2.54. The quantitative estimate of drug-likeness (QED) is 0.679. The number of hydrogen-bond acceptors (Lipinski definition) is 1. The zero-order valence-corrected chi connectivity index (χ0v) is 12.3. The first-order valence-corrected chi connectivity index (χ1v) is 7.19. The molecule has 0 aliphatic heterocycles. The second-order valence-electron chi connectivity index (χ2n) is 6.98. The highest BCUT2D eigenvalue weighted by Gasteiger charge is 2.63. The van der Waals surface area contributed by atoms with E-state index in [9.17, 15) is 4.79 Å². The summed E-state index contributed by atoms with van der Waals surface area (Å²) >= 11 is 0. The van der Waals surface area contributed by atoms with Crippen LogP contribution in [0.25, 0.3) is 6.08 Å². The summed E-state index contributed by atoms with van der Waals surface area (Å²) in [5, 5.41) is 0. The molecule has 1 heteroatoms. The Balaban J connectivity index is 2.07. The van der Waals surface area contributed by atoms with E-state index in [2.05, 4.69) is 58.0 Å². The fourth-order valence-corrected chi connectivity index (χ4v) is 3.96. The zero-order chi connectivity index (χ0) is 13.8. The van der Waals surface area contributed by atoms with Crippen molar-refractivity contribution in [2.75, 3.05) is 0 Å². The number of aryl methyl sites for hydroxylation is 1. The summed E-state index contributed by atoms with van der Waals surface area (Å²) in [4.78, 5) is 12.6. The number of rotatable bonds is 1. The van der Waals surface area contributed by atoms with E-state index >= 15 is 0 Å². The van der Waals surface area contributed by atoms with Crippen molar-refractivity contribution in [1.29, 1.82) is 0 Å². The molecule has 2 aliphatic rings. The maximum absolute atomic E-state index is 12.6. The van der Waals surface area contributed by atoms with Crippen molar-refractivity contribution in [2.45, 2.75) is 40.5 Å². The summed E-state index contributed by atoms with van der Waals surface area (Å²) < 4.78 is 0. The third-order valence-electron chi connectivity index (χ3n) is 5.79. The molecule has 3 rings (SSSR count). The first-order chi connectivity index (χ1) is 8.86. The van der Waals surface area contributed by atoms with Crippen LogP contribution in [0.3, 0.4) is 0 Å². The summed E-state index contributed by atoms with van der Waals surface area (Å²) in [5.74, 6) is 0.619. The van der Waals surface area contributed by atoms with Gasteiger partial charge >= 0.3 is 0 Å². The topological polar surface area (TPSA) is 17.1 Å². The van der Waals surface area contributed by atoms with Crippen LogP contribution >= 0.6 is 0 Å². The Morgan fingerprint density at radius 1 is 1.16 bits per heavy atom. The lowest BCUT2D eigenvalue weighted by atomic mass is 9.69. The first kappa shape index (κ1) is 12.7. The Hall–Kier alpha value is -1.37. The second-order valence-corrected chi connectivity index (χ2v) is 6.98. The lowest BCUT2D eigenvalue weighted by Crippen LogP contribution is -2.27.